The Labute approximate surface area is 73.5 Å². The summed E-state index contributed by atoms with van der Waals surface area (Å²) in [7, 11) is 0. The van der Waals surface area contributed by atoms with Crippen LogP contribution in [0.25, 0.3) is 0 Å². The van der Waals surface area contributed by atoms with E-state index in [4.69, 9.17) is 0 Å². The Balaban J connectivity index is 1.84. The van der Waals surface area contributed by atoms with E-state index in [1.165, 1.54) is 25.7 Å². The maximum Gasteiger partial charge on any atom is 0.133 e. The summed E-state index contributed by atoms with van der Waals surface area (Å²) in [6.07, 6.45) is 7.59. The highest BCUT2D eigenvalue weighted by molar-refractivity contribution is 5.81. The number of hydrogen-bond acceptors (Lipinski definition) is 1. The van der Waals surface area contributed by atoms with E-state index in [-0.39, 0.29) is 0 Å². The number of fused-ring (bicyclic) bond motifs is 3. The molecule has 1 nitrogen and oxygen atoms in total. The molecule has 4 atom stereocenters. The molecule has 3 fully saturated rings. The zero-order chi connectivity index (χ0) is 8.13. The van der Waals surface area contributed by atoms with Crippen LogP contribution in [0.2, 0.25) is 0 Å². The molecule has 3 aliphatic carbocycles. The Bertz CT molecular complexity index is 221. The van der Waals surface area contributed by atoms with Crippen LogP contribution in [0.4, 0.5) is 0 Å². The molecule has 0 radical (unpaired) electrons. The minimum absolute atomic E-state index is 0.551. The van der Waals surface area contributed by atoms with Crippen molar-refractivity contribution in [1.82, 2.24) is 0 Å². The molecule has 0 unspecified atom stereocenters. The fourth-order valence-electron chi connectivity index (χ4n) is 4.03. The van der Waals surface area contributed by atoms with Crippen molar-refractivity contribution in [3.05, 3.63) is 0 Å². The second-order valence-corrected chi connectivity index (χ2v) is 4.96. The van der Waals surface area contributed by atoms with E-state index >= 15 is 0 Å². The smallest absolute Gasteiger partial charge is 0.133 e. The van der Waals surface area contributed by atoms with Crippen LogP contribution >= 0.6 is 0 Å². The minimum Gasteiger partial charge on any atom is -0.300 e. The summed E-state index contributed by atoms with van der Waals surface area (Å²) in [6, 6.07) is 0. The molecular formula is C11H16O. The van der Waals surface area contributed by atoms with Crippen LogP contribution in [0.15, 0.2) is 0 Å². The van der Waals surface area contributed by atoms with Gasteiger partial charge in [-0.15, -0.1) is 0 Å². The Morgan fingerprint density at radius 2 is 1.92 bits per heavy atom. The minimum atomic E-state index is 0.551. The summed E-state index contributed by atoms with van der Waals surface area (Å²) in [6.45, 7) is 0. The number of carbonyl (C=O) groups is 1. The average molecular weight is 164 g/mol. The van der Waals surface area contributed by atoms with Gasteiger partial charge in [-0.2, -0.15) is 0 Å². The highest BCUT2D eigenvalue weighted by Crippen LogP contribution is 2.55. The fourth-order valence-corrected chi connectivity index (χ4v) is 4.03. The van der Waals surface area contributed by atoms with Crippen molar-refractivity contribution in [3.8, 4) is 0 Å². The van der Waals surface area contributed by atoms with E-state index in [2.05, 4.69) is 0 Å². The standard InChI is InChI=1S/C11H16O/c12-9-5-8-4-7-2-1-3-10(7)11(8)6-9/h7-8,10-11H,1-6H2/t7-,8+,10-,11-/m0/s1. The van der Waals surface area contributed by atoms with Crippen LogP contribution in [-0.4, -0.2) is 5.78 Å². The van der Waals surface area contributed by atoms with Crippen LogP contribution in [0.3, 0.4) is 0 Å². The Morgan fingerprint density at radius 1 is 1.00 bits per heavy atom. The number of rotatable bonds is 0. The number of Topliss-reactive ketones (excluding diaryl/α,β-unsaturated/α-hetero) is 1. The summed E-state index contributed by atoms with van der Waals surface area (Å²) in [5, 5.41) is 0. The van der Waals surface area contributed by atoms with Gasteiger partial charge in [0.1, 0.15) is 5.78 Å². The Morgan fingerprint density at radius 3 is 2.83 bits per heavy atom. The van der Waals surface area contributed by atoms with Crippen molar-refractivity contribution in [2.45, 2.75) is 38.5 Å². The topological polar surface area (TPSA) is 17.1 Å². The van der Waals surface area contributed by atoms with Gasteiger partial charge in [0.25, 0.3) is 0 Å². The van der Waals surface area contributed by atoms with Gasteiger partial charge < -0.3 is 0 Å². The number of hydrogen-bond donors (Lipinski definition) is 0. The molecule has 12 heavy (non-hydrogen) atoms. The molecular weight excluding hydrogens is 148 g/mol. The van der Waals surface area contributed by atoms with Gasteiger partial charge in [-0.1, -0.05) is 12.8 Å². The quantitative estimate of drug-likeness (QED) is 0.537. The molecule has 0 bridgehead atoms. The molecule has 0 aromatic rings. The lowest BCUT2D eigenvalue weighted by Gasteiger charge is -2.15. The number of carbonyl (C=O) groups excluding carboxylic acids is 1. The first-order chi connectivity index (χ1) is 5.84. The largest absolute Gasteiger partial charge is 0.300 e. The predicted octanol–water partition coefficient (Wildman–Crippen LogP) is 2.40. The average Bonchev–Trinajstić information content (AvgIpc) is 2.59. The van der Waals surface area contributed by atoms with E-state index in [1.54, 1.807) is 0 Å². The van der Waals surface area contributed by atoms with Gasteiger partial charge in [-0.25, -0.2) is 0 Å². The maximum atomic E-state index is 11.2. The third-order valence-corrected chi connectivity index (χ3v) is 4.43. The Hall–Kier alpha value is -0.330. The molecule has 3 saturated carbocycles. The lowest BCUT2D eigenvalue weighted by molar-refractivity contribution is -0.118. The first-order valence-electron chi connectivity index (χ1n) is 5.36. The molecule has 0 N–H and O–H groups in total. The molecule has 0 aromatic heterocycles. The second kappa shape index (κ2) is 2.34. The van der Waals surface area contributed by atoms with E-state index < -0.39 is 0 Å². The van der Waals surface area contributed by atoms with Gasteiger partial charge in [-0.05, 0) is 36.5 Å². The van der Waals surface area contributed by atoms with E-state index in [1.807, 2.05) is 0 Å². The molecule has 0 saturated heterocycles. The molecule has 1 heteroatoms. The van der Waals surface area contributed by atoms with Crippen LogP contribution < -0.4 is 0 Å². The zero-order valence-corrected chi connectivity index (χ0v) is 7.46. The fraction of sp³-hybridized carbons (Fsp3) is 0.909. The van der Waals surface area contributed by atoms with E-state index in [0.717, 1.165) is 36.5 Å². The van der Waals surface area contributed by atoms with Crippen LogP contribution in [0.5, 0.6) is 0 Å². The molecule has 66 valence electrons. The third-order valence-electron chi connectivity index (χ3n) is 4.43. The zero-order valence-electron chi connectivity index (χ0n) is 7.46. The summed E-state index contributed by atoms with van der Waals surface area (Å²) >= 11 is 0. The van der Waals surface area contributed by atoms with Crippen molar-refractivity contribution in [3.63, 3.8) is 0 Å². The third kappa shape index (κ3) is 0.826. The Kier molecular flexibility index (Phi) is 1.38. The number of ketones is 1. The van der Waals surface area contributed by atoms with Gasteiger partial charge in [-0.3, -0.25) is 4.79 Å². The highest BCUT2D eigenvalue weighted by atomic mass is 16.1. The molecule has 0 spiro atoms. The molecule has 3 aliphatic rings. The van der Waals surface area contributed by atoms with E-state index in [0.29, 0.717) is 5.78 Å². The van der Waals surface area contributed by atoms with Crippen molar-refractivity contribution >= 4 is 5.78 Å². The van der Waals surface area contributed by atoms with Crippen LogP contribution in [0, 0.1) is 23.7 Å². The molecule has 0 aliphatic heterocycles. The summed E-state index contributed by atoms with van der Waals surface area (Å²) in [5.74, 6) is 4.17. The lowest BCUT2D eigenvalue weighted by Crippen LogP contribution is -2.09. The lowest BCUT2D eigenvalue weighted by atomic mass is 9.90. The highest BCUT2D eigenvalue weighted by Gasteiger charge is 2.49. The van der Waals surface area contributed by atoms with Crippen LogP contribution in [0.1, 0.15) is 38.5 Å². The predicted molar refractivity (Wildman–Crippen MR) is 46.7 cm³/mol. The summed E-state index contributed by atoms with van der Waals surface area (Å²) < 4.78 is 0. The maximum absolute atomic E-state index is 11.2. The van der Waals surface area contributed by atoms with Crippen LogP contribution in [-0.2, 0) is 4.79 Å². The first-order valence-corrected chi connectivity index (χ1v) is 5.36. The van der Waals surface area contributed by atoms with Gasteiger partial charge in [0.2, 0.25) is 0 Å². The van der Waals surface area contributed by atoms with Crippen molar-refractivity contribution in [2.24, 2.45) is 23.7 Å². The van der Waals surface area contributed by atoms with Gasteiger partial charge in [0.05, 0.1) is 0 Å². The van der Waals surface area contributed by atoms with Gasteiger partial charge in [0.15, 0.2) is 0 Å². The normalized spacial score (nSPS) is 51.2. The molecule has 0 aromatic carbocycles. The summed E-state index contributed by atoms with van der Waals surface area (Å²) in [5.41, 5.74) is 0. The van der Waals surface area contributed by atoms with Gasteiger partial charge >= 0.3 is 0 Å². The molecule has 3 rings (SSSR count). The molecule has 0 amide bonds. The summed E-state index contributed by atoms with van der Waals surface area (Å²) in [4.78, 5) is 11.2. The van der Waals surface area contributed by atoms with Crippen molar-refractivity contribution in [2.75, 3.05) is 0 Å². The van der Waals surface area contributed by atoms with Crippen molar-refractivity contribution in [1.29, 1.82) is 0 Å². The SMILES string of the molecule is O=C1C[C@H]2C[C@@H]3CCC[C@@H]3[C@H]2C1. The second-order valence-electron chi connectivity index (χ2n) is 4.96. The molecule has 0 heterocycles. The van der Waals surface area contributed by atoms with Gasteiger partial charge in [0, 0.05) is 12.8 Å². The first kappa shape index (κ1) is 7.11. The monoisotopic (exact) mass is 164 g/mol. The van der Waals surface area contributed by atoms with Crippen molar-refractivity contribution < 1.29 is 4.79 Å². The van der Waals surface area contributed by atoms with E-state index in [9.17, 15) is 4.79 Å².